The summed E-state index contributed by atoms with van der Waals surface area (Å²) in [6.07, 6.45) is 4.66. The molecule has 1 aliphatic carbocycles. The van der Waals surface area contributed by atoms with Crippen LogP contribution in [0.4, 0.5) is 0 Å². The SMILES string of the molecule is CC(C)Oc1c(OC2CC2)ccnc1C=O. The fraction of sp³-hybridized carbons (Fsp3) is 0.500. The molecule has 1 saturated carbocycles. The predicted molar refractivity (Wildman–Crippen MR) is 59.0 cm³/mol. The van der Waals surface area contributed by atoms with E-state index in [2.05, 4.69) is 4.98 Å². The Morgan fingerprint density at radius 2 is 2.25 bits per heavy atom. The summed E-state index contributed by atoms with van der Waals surface area (Å²) >= 11 is 0. The Kier molecular flexibility index (Phi) is 3.08. The van der Waals surface area contributed by atoms with Crippen LogP contribution in [-0.4, -0.2) is 23.5 Å². The van der Waals surface area contributed by atoms with Crippen LogP contribution in [0, 0.1) is 0 Å². The van der Waals surface area contributed by atoms with Gasteiger partial charge in [-0.3, -0.25) is 4.79 Å². The third kappa shape index (κ3) is 2.51. The van der Waals surface area contributed by atoms with Crippen molar-refractivity contribution < 1.29 is 14.3 Å². The molecular formula is C12H15NO3. The summed E-state index contributed by atoms with van der Waals surface area (Å²) in [7, 11) is 0. The van der Waals surface area contributed by atoms with Gasteiger partial charge in [-0.1, -0.05) is 0 Å². The quantitative estimate of drug-likeness (QED) is 0.715. The second kappa shape index (κ2) is 4.51. The third-order valence-corrected chi connectivity index (χ3v) is 2.18. The molecule has 0 aliphatic heterocycles. The summed E-state index contributed by atoms with van der Waals surface area (Å²) in [5.41, 5.74) is 0.298. The number of ether oxygens (including phenoxy) is 2. The highest BCUT2D eigenvalue weighted by molar-refractivity contribution is 5.78. The van der Waals surface area contributed by atoms with Gasteiger partial charge < -0.3 is 9.47 Å². The first-order valence-corrected chi connectivity index (χ1v) is 5.48. The summed E-state index contributed by atoms with van der Waals surface area (Å²) in [6.45, 7) is 3.81. The van der Waals surface area contributed by atoms with Crippen LogP contribution in [0.15, 0.2) is 12.3 Å². The molecule has 1 heterocycles. The van der Waals surface area contributed by atoms with Gasteiger partial charge in [-0.2, -0.15) is 0 Å². The van der Waals surface area contributed by atoms with Gasteiger partial charge in [0.2, 0.25) is 0 Å². The van der Waals surface area contributed by atoms with Gasteiger partial charge in [0.15, 0.2) is 17.8 Å². The second-order valence-electron chi connectivity index (χ2n) is 4.13. The van der Waals surface area contributed by atoms with Crippen molar-refractivity contribution in [1.29, 1.82) is 0 Å². The van der Waals surface area contributed by atoms with E-state index in [0.29, 0.717) is 23.5 Å². The fourth-order valence-corrected chi connectivity index (χ4v) is 1.34. The molecule has 1 aromatic heterocycles. The summed E-state index contributed by atoms with van der Waals surface area (Å²) in [6, 6.07) is 1.74. The number of aromatic nitrogens is 1. The van der Waals surface area contributed by atoms with Crippen LogP contribution in [0.2, 0.25) is 0 Å². The van der Waals surface area contributed by atoms with E-state index in [9.17, 15) is 4.79 Å². The molecule has 1 aliphatic rings. The van der Waals surface area contributed by atoms with Gasteiger partial charge in [0, 0.05) is 12.3 Å². The van der Waals surface area contributed by atoms with Crippen LogP contribution in [0.25, 0.3) is 0 Å². The minimum atomic E-state index is -0.00977. The molecule has 0 spiro atoms. The van der Waals surface area contributed by atoms with Gasteiger partial charge in [0.1, 0.15) is 5.69 Å². The van der Waals surface area contributed by atoms with Crippen molar-refractivity contribution in [3.63, 3.8) is 0 Å². The summed E-state index contributed by atoms with van der Waals surface area (Å²) in [4.78, 5) is 14.8. The van der Waals surface area contributed by atoms with Crippen LogP contribution in [0.3, 0.4) is 0 Å². The Balaban J connectivity index is 2.28. The molecule has 1 fully saturated rings. The molecule has 4 heteroatoms. The average Bonchev–Trinajstić information content (AvgIpc) is 3.04. The van der Waals surface area contributed by atoms with Gasteiger partial charge >= 0.3 is 0 Å². The van der Waals surface area contributed by atoms with Crippen molar-refractivity contribution in [3.05, 3.63) is 18.0 Å². The molecule has 0 unspecified atom stereocenters. The van der Waals surface area contributed by atoms with Crippen molar-refractivity contribution in [2.24, 2.45) is 0 Å². The molecule has 16 heavy (non-hydrogen) atoms. The fourth-order valence-electron chi connectivity index (χ4n) is 1.34. The smallest absolute Gasteiger partial charge is 0.190 e. The maximum absolute atomic E-state index is 10.9. The lowest BCUT2D eigenvalue weighted by Gasteiger charge is -2.15. The van der Waals surface area contributed by atoms with E-state index in [1.165, 1.54) is 0 Å². The number of carbonyl (C=O) groups excluding carboxylic acids is 1. The molecular weight excluding hydrogens is 206 g/mol. The molecule has 0 atom stereocenters. The minimum Gasteiger partial charge on any atom is -0.486 e. The van der Waals surface area contributed by atoms with Gasteiger partial charge in [-0.15, -0.1) is 0 Å². The van der Waals surface area contributed by atoms with E-state index in [1.807, 2.05) is 13.8 Å². The Bertz CT molecular complexity index is 386. The van der Waals surface area contributed by atoms with E-state index in [-0.39, 0.29) is 12.2 Å². The molecule has 2 rings (SSSR count). The molecule has 0 radical (unpaired) electrons. The lowest BCUT2D eigenvalue weighted by atomic mass is 10.3. The van der Waals surface area contributed by atoms with Crippen LogP contribution in [0.5, 0.6) is 11.5 Å². The van der Waals surface area contributed by atoms with Crippen molar-refractivity contribution in [3.8, 4) is 11.5 Å². The van der Waals surface area contributed by atoms with Gasteiger partial charge in [-0.05, 0) is 26.7 Å². The van der Waals surface area contributed by atoms with Gasteiger partial charge in [0.05, 0.1) is 12.2 Å². The van der Waals surface area contributed by atoms with Crippen molar-refractivity contribution in [2.75, 3.05) is 0 Å². The monoisotopic (exact) mass is 221 g/mol. The highest BCUT2D eigenvalue weighted by Crippen LogP contribution is 2.35. The number of hydrogen-bond donors (Lipinski definition) is 0. The summed E-state index contributed by atoms with van der Waals surface area (Å²) in [5.74, 6) is 1.08. The molecule has 0 aromatic carbocycles. The first-order valence-electron chi connectivity index (χ1n) is 5.48. The second-order valence-corrected chi connectivity index (χ2v) is 4.13. The maximum Gasteiger partial charge on any atom is 0.190 e. The van der Waals surface area contributed by atoms with Crippen LogP contribution in [0.1, 0.15) is 37.2 Å². The standard InChI is InChI=1S/C12H15NO3/c1-8(2)15-12-10(7-14)13-6-5-11(12)16-9-3-4-9/h5-9H,3-4H2,1-2H3. The Hall–Kier alpha value is -1.58. The lowest BCUT2D eigenvalue weighted by molar-refractivity contribution is 0.111. The Morgan fingerprint density at radius 1 is 1.50 bits per heavy atom. The van der Waals surface area contributed by atoms with Crippen molar-refractivity contribution in [2.45, 2.75) is 38.9 Å². The van der Waals surface area contributed by atoms with Gasteiger partial charge in [0.25, 0.3) is 0 Å². The number of carbonyl (C=O) groups is 1. The van der Waals surface area contributed by atoms with Crippen molar-refractivity contribution >= 4 is 6.29 Å². The number of aldehydes is 1. The number of hydrogen-bond acceptors (Lipinski definition) is 4. The number of nitrogens with zero attached hydrogens (tertiary/aromatic N) is 1. The maximum atomic E-state index is 10.9. The molecule has 0 saturated heterocycles. The first kappa shape index (κ1) is 10.9. The van der Waals surface area contributed by atoms with E-state index in [0.717, 1.165) is 12.8 Å². The lowest BCUT2D eigenvalue weighted by Crippen LogP contribution is -2.10. The zero-order chi connectivity index (χ0) is 11.5. The summed E-state index contributed by atoms with van der Waals surface area (Å²) in [5, 5.41) is 0. The highest BCUT2D eigenvalue weighted by Gasteiger charge is 2.26. The Labute approximate surface area is 94.6 Å². The van der Waals surface area contributed by atoms with Crippen LogP contribution in [-0.2, 0) is 0 Å². The zero-order valence-electron chi connectivity index (χ0n) is 9.47. The van der Waals surface area contributed by atoms with Crippen molar-refractivity contribution in [1.82, 2.24) is 4.98 Å². The molecule has 0 N–H and O–H groups in total. The largest absolute Gasteiger partial charge is 0.486 e. The topological polar surface area (TPSA) is 48.4 Å². The van der Waals surface area contributed by atoms with Crippen LogP contribution < -0.4 is 9.47 Å². The average molecular weight is 221 g/mol. The molecule has 4 nitrogen and oxygen atoms in total. The zero-order valence-corrected chi connectivity index (χ0v) is 9.47. The minimum absolute atomic E-state index is 0.00977. The van der Waals surface area contributed by atoms with E-state index in [1.54, 1.807) is 12.3 Å². The van der Waals surface area contributed by atoms with E-state index >= 15 is 0 Å². The van der Waals surface area contributed by atoms with Gasteiger partial charge in [-0.25, -0.2) is 4.98 Å². The first-order chi connectivity index (χ1) is 7.70. The normalized spacial score (nSPS) is 14.9. The highest BCUT2D eigenvalue weighted by atomic mass is 16.5. The number of pyridine rings is 1. The third-order valence-electron chi connectivity index (χ3n) is 2.18. The summed E-state index contributed by atoms with van der Waals surface area (Å²) < 4.78 is 11.3. The molecule has 1 aromatic rings. The predicted octanol–water partition coefficient (Wildman–Crippen LogP) is 2.22. The van der Waals surface area contributed by atoms with E-state index in [4.69, 9.17) is 9.47 Å². The number of rotatable bonds is 5. The van der Waals surface area contributed by atoms with E-state index < -0.39 is 0 Å². The molecule has 0 bridgehead atoms. The van der Waals surface area contributed by atoms with Crippen LogP contribution >= 0.6 is 0 Å². The molecule has 0 amide bonds. The Morgan fingerprint density at radius 3 is 2.81 bits per heavy atom. The molecule has 86 valence electrons.